The molecule has 0 bridgehead atoms. The number of ether oxygens (including phenoxy) is 1. The van der Waals surface area contributed by atoms with Gasteiger partial charge in [0.2, 0.25) is 0 Å². The van der Waals surface area contributed by atoms with Crippen LogP contribution >= 0.6 is 0 Å². The van der Waals surface area contributed by atoms with Crippen molar-refractivity contribution >= 4 is 25.3 Å². The minimum atomic E-state index is -2.52. The summed E-state index contributed by atoms with van der Waals surface area (Å²) in [6, 6.07) is 0.625. The first-order valence-corrected chi connectivity index (χ1v) is 8.36. The number of carbonyl (C=O) groups is 1. The third kappa shape index (κ3) is 8.56. The summed E-state index contributed by atoms with van der Waals surface area (Å²) in [6.07, 6.45) is 3.68. The van der Waals surface area contributed by atoms with Crippen LogP contribution in [0.3, 0.4) is 0 Å². The predicted octanol–water partition coefficient (Wildman–Crippen LogP) is -0.367. The number of esters is 1. The smallest absolute Gasteiger partial charge is 0.463 e. The minimum absolute atomic E-state index is 0.306. The Morgan fingerprint density at radius 2 is 1.72 bits per heavy atom. The largest absolute Gasteiger partial charge is 0.500 e. The molecule has 0 rings (SSSR count). The van der Waals surface area contributed by atoms with Gasteiger partial charge in [-0.3, -0.25) is 0 Å². The average molecular weight is 296 g/mol. The van der Waals surface area contributed by atoms with Crippen molar-refractivity contribution in [3.63, 3.8) is 0 Å². The van der Waals surface area contributed by atoms with Crippen LogP contribution in [0, 0.1) is 0 Å². The van der Waals surface area contributed by atoms with Crippen molar-refractivity contribution in [2.24, 2.45) is 0 Å². The molecule has 0 saturated heterocycles. The van der Waals surface area contributed by atoms with Crippen LogP contribution in [0.15, 0.2) is 12.2 Å². The predicted molar refractivity (Wildman–Crippen MR) is 74.1 cm³/mol. The second-order valence-electron chi connectivity index (χ2n) is 3.07. The fourth-order valence-corrected chi connectivity index (χ4v) is 2.89. The van der Waals surface area contributed by atoms with Gasteiger partial charge in [-0.05, 0) is 13.3 Å². The number of rotatable bonds is 8. The van der Waals surface area contributed by atoms with Crippen LogP contribution in [0.2, 0.25) is 6.04 Å². The molecule has 0 aliphatic heterocycles. The van der Waals surface area contributed by atoms with E-state index < -0.39 is 8.80 Å². The first-order valence-electron chi connectivity index (χ1n) is 5.53. The Labute approximate surface area is 113 Å². The first kappa shape index (κ1) is 19.8. The molecule has 0 aromatic carbocycles. The van der Waals surface area contributed by atoms with Gasteiger partial charge in [-0.15, -0.1) is 0 Å². The molecule has 0 spiro atoms. The lowest BCUT2D eigenvalue weighted by atomic mass is 10.5. The number of allylic oxidation sites excluding steroid dienone is 1. The summed E-state index contributed by atoms with van der Waals surface area (Å²) in [7, 11) is 2.47. The number of hydrogen-bond acceptors (Lipinski definition) is 6. The molecule has 8 heteroatoms. The Bertz CT molecular complexity index is 222. The number of hydrogen-bond donors (Lipinski definition) is 1. The van der Waals surface area contributed by atoms with E-state index in [1.807, 2.05) is 0 Å². The molecule has 0 heterocycles. The molecule has 0 fully saturated rings. The van der Waals surface area contributed by atoms with E-state index in [9.17, 15) is 4.79 Å². The summed E-state index contributed by atoms with van der Waals surface area (Å²) in [6.45, 7) is 2.11. The Hall–Kier alpha value is -0.516. The Morgan fingerprint density at radius 3 is 2.11 bits per heavy atom. The van der Waals surface area contributed by atoms with Crippen molar-refractivity contribution in [1.29, 1.82) is 0 Å². The molecule has 0 atom stereocenters. The van der Waals surface area contributed by atoms with E-state index in [0.29, 0.717) is 29.6 Å². The van der Waals surface area contributed by atoms with Crippen LogP contribution in [0.4, 0.5) is 0 Å². The average Bonchev–Trinajstić information content (AvgIpc) is 2.42. The van der Waals surface area contributed by atoms with E-state index >= 15 is 0 Å². The van der Waals surface area contributed by atoms with Crippen LogP contribution < -0.4 is 0 Å². The van der Waals surface area contributed by atoms with Crippen LogP contribution in [0.5, 0.6) is 0 Å². The molecule has 0 aromatic heterocycles. The molecule has 1 N–H and O–H groups in total. The third-order valence-corrected chi connectivity index (χ3v) is 4.94. The normalized spacial score (nSPS) is 11.2. The van der Waals surface area contributed by atoms with Crippen molar-refractivity contribution < 1.29 is 27.6 Å². The summed E-state index contributed by atoms with van der Waals surface area (Å²) >= 11 is 0. The Morgan fingerprint density at radius 1 is 1.22 bits per heavy atom. The molecule has 0 radical (unpaired) electrons. The SMILES string of the molecule is CC=CC(=O)OCCC[Si](OC)(OC)OC.O[SiH3]. The highest BCUT2D eigenvalue weighted by atomic mass is 28.4. The zero-order valence-corrected chi connectivity index (χ0v) is 14.8. The van der Waals surface area contributed by atoms with Crippen molar-refractivity contribution in [3.8, 4) is 0 Å². The van der Waals surface area contributed by atoms with Gasteiger partial charge in [-0.1, -0.05) is 6.08 Å². The fourth-order valence-electron chi connectivity index (χ4n) is 1.20. The quantitative estimate of drug-likeness (QED) is 0.285. The van der Waals surface area contributed by atoms with Crippen LogP contribution in [0.1, 0.15) is 13.3 Å². The second kappa shape index (κ2) is 12.9. The number of carbonyl (C=O) groups excluding carboxylic acids is 1. The first-order chi connectivity index (χ1) is 8.64. The van der Waals surface area contributed by atoms with Crippen molar-refractivity contribution in [1.82, 2.24) is 0 Å². The monoisotopic (exact) mass is 296 g/mol. The molecular formula is C10H24O6Si2. The highest BCUT2D eigenvalue weighted by molar-refractivity contribution is 6.60. The summed E-state index contributed by atoms with van der Waals surface area (Å²) in [5, 5.41) is 0. The second-order valence-corrected chi connectivity index (χ2v) is 6.16. The van der Waals surface area contributed by atoms with Crippen molar-refractivity contribution in [3.05, 3.63) is 12.2 Å². The zero-order chi connectivity index (χ0) is 14.4. The van der Waals surface area contributed by atoms with Gasteiger partial charge in [-0.2, -0.15) is 0 Å². The summed E-state index contributed by atoms with van der Waals surface area (Å²) in [4.78, 5) is 18.1. The molecule has 0 saturated carbocycles. The fraction of sp³-hybridized carbons (Fsp3) is 0.700. The van der Waals surface area contributed by atoms with Crippen molar-refractivity contribution in [2.75, 3.05) is 27.9 Å². The minimum Gasteiger partial charge on any atom is -0.463 e. The molecule has 18 heavy (non-hydrogen) atoms. The van der Waals surface area contributed by atoms with Crippen LogP contribution in [-0.2, 0) is 22.8 Å². The van der Waals surface area contributed by atoms with Gasteiger partial charge in [0.15, 0.2) is 0 Å². The third-order valence-electron chi connectivity index (χ3n) is 2.11. The molecule has 0 amide bonds. The van der Waals surface area contributed by atoms with Gasteiger partial charge in [-0.25, -0.2) is 4.79 Å². The summed E-state index contributed by atoms with van der Waals surface area (Å²) < 4.78 is 20.6. The highest BCUT2D eigenvalue weighted by Crippen LogP contribution is 2.14. The molecule has 0 aromatic rings. The van der Waals surface area contributed by atoms with E-state index in [1.165, 1.54) is 6.08 Å². The topological polar surface area (TPSA) is 74.2 Å². The molecule has 0 unspecified atom stereocenters. The van der Waals surface area contributed by atoms with Crippen LogP contribution in [0.25, 0.3) is 0 Å². The van der Waals surface area contributed by atoms with Gasteiger partial charge in [0.05, 0.1) is 6.61 Å². The lowest BCUT2D eigenvalue weighted by molar-refractivity contribution is -0.137. The van der Waals surface area contributed by atoms with Crippen LogP contribution in [-0.4, -0.2) is 58.0 Å². The van der Waals surface area contributed by atoms with Gasteiger partial charge in [0, 0.05) is 33.4 Å². The standard InChI is InChI=1S/C10H20O5Si.H4OSi/c1-5-7-10(11)15-8-6-9-16(12-2,13-3)14-4;1-2/h5,7H,6,8-9H2,1-4H3;1H,2H3. The van der Waals surface area contributed by atoms with E-state index in [2.05, 4.69) is 0 Å². The summed E-state index contributed by atoms with van der Waals surface area (Å²) in [5.74, 6) is -0.331. The van der Waals surface area contributed by atoms with Gasteiger partial charge >= 0.3 is 14.8 Å². The Balaban J connectivity index is 0. The maximum Gasteiger partial charge on any atom is 0.500 e. The van der Waals surface area contributed by atoms with E-state index in [1.54, 1.807) is 34.3 Å². The molecule has 0 aliphatic rings. The van der Waals surface area contributed by atoms with Gasteiger partial charge in [0.25, 0.3) is 0 Å². The van der Waals surface area contributed by atoms with Gasteiger partial charge < -0.3 is 22.8 Å². The Kier molecular flexibility index (Phi) is 14.2. The lowest BCUT2D eigenvalue weighted by Gasteiger charge is -2.23. The maximum absolute atomic E-state index is 11.0. The molecular weight excluding hydrogens is 272 g/mol. The van der Waals surface area contributed by atoms with E-state index in [0.717, 1.165) is 0 Å². The van der Waals surface area contributed by atoms with Gasteiger partial charge in [0.1, 0.15) is 10.5 Å². The molecule has 6 nitrogen and oxygen atoms in total. The molecule has 0 aliphatic carbocycles. The summed E-state index contributed by atoms with van der Waals surface area (Å²) in [5.41, 5.74) is 0. The van der Waals surface area contributed by atoms with E-state index in [4.69, 9.17) is 22.8 Å². The van der Waals surface area contributed by atoms with E-state index in [-0.39, 0.29) is 5.97 Å². The highest BCUT2D eigenvalue weighted by Gasteiger charge is 2.36. The van der Waals surface area contributed by atoms with Crippen molar-refractivity contribution in [2.45, 2.75) is 19.4 Å². The zero-order valence-electron chi connectivity index (χ0n) is 11.8. The molecule has 108 valence electrons. The maximum atomic E-state index is 11.0. The lowest BCUT2D eigenvalue weighted by Crippen LogP contribution is -2.42.